The molecule has 0 aliphatic carbocycles. The van der Waals surface area contributed by atoms with Crippen molar-refractivity contribution in [1.29, 1.82) is 0 Å². The Kier molecular flexibility index (Phi) is 3.68. The number of aromatic nitrogens is 3. The highest BCUT2D eigenvalue weighted by atomic mass is 35.5. The van der Waals surface area contributed by atoms with Crippen LogP contribution in [-0.4, -0.2) is 25.8 Å². The van der Waals surface area contributed by atoms with Crippen LogP contribution in [0.1, 0.15) is 18.2 Å². The largest absolute Gasteiger partial charge is 0.479 e. The number of aryl methyl sites for hydroxylation is 1. The molecule has 1 N–H and O–H groups in total. The number of nitrogens with zero attached hydrogens (tertiary/aromatic N) is 3. The lowest BCUT2D eigenvalue weighted by Gasteiger charge is -2.25. The van der Waals surface area contributed by atoms with Crippen molar-refractivity contribution < 1.29 is 9.90 Å². The normalized spacial score (nSPS) is 14.3. The Morgan fingerprint density at radius 2 is 2.17 bits per heavy atom. The van der Waals surface area contributed by atoms with Gasteiger partial charge in [0.05, 0.1) is 4.34 Å². The zero-order valence-electron chi connectivity index (χ0n) is 9.71. The summed E-state index contributed by atoms with van der Waals surface area (Å²) in [4.78, 5) is 12.5. The van der Waals surface area contributed by atoms with E-state index in [0.717, 1.165) is 4.88 Å². The molecular formula is C11H12ClN3O2S. The van der Waals surface area contributed by atoms with Gasteiger partial charge >= 0.3 is 5.97 Å². The van der Waals surface area contributed by atoms with E-state index in [0.29, 0.717) is 17.2 Å². The summed E-state index contributed by atoms with van der Waals surface area (Å²) in [5, 5.41) is 16.7. The summed E-state index contributed by atoms with van der Waals surface area (Å²) in [6, 6.07) is 3.74. The second-order valence-corrected chi connectivity index (χ2v) is 5.95. The monoisotopic (exact) mass is 285 g/mol. The van der Waals surface area contributed by atoms with Gasteiger partial charge in [0.1, 0.15) is 18.2 Å². The Morgan fingerprint density at radius 1 is 1.50 bits per heavy atom. The fraction of sp³-hybridized carbons (Fsp3) is 0.364. The SMILES string of the molecule is CC(CCc1ccc(Cl)s1)(C(=O)O)n1cnnc1. The number of halogens is 1. The number of hydrogen-bond acceptors (Lipinski definition) is 4. The van der Waals surface area contributed by atoms with Crippen LogP contribution in [0, 0.1) is 0 Å². The topological polar surface area (TPSA) is 68.0 Å². The Bertz CT molecular complexity index is 540. The molecule has 0 aliphatic rings. The van der Waals surface area contributed by atoms with Crippen molar-refractivity contribution in [3.8, 4) is 0 Å². The highest BCUT2D eigenvalue weighted by Gasteiger charge is 2.34. The van der Waals surface area contributed by atoms with Gasteiger partial charge in [0.15, 0.2) is 0 Å². The van der Waals surface area contributed by atoms with Gasteiger partial charge in [-0.15, -0.1) is 21.5 Å². The third-order valence-corrected chi connectivity index (χ3v) is 4.23. The molecular weight excluding hydrogens is 274 g/mol. The number of thiophene rings is 1. The molecule has 18 heavy (non-hydrogen) atoms. The molecule has 7 heteroatoms. The van der Waals surface area contributed by atoms with E-state index < -0.39 is 11.5 Å². The summed E-state index contributed by atoms with van der Waals surface area (Å²) in [5.41, 5.74) is -1.04. The summed E-state index contributed by atoms with van der Waals surface area (Å²) in [6.07, 6.45) is 3.96. The van der Waals surface area contributed by atoms with Gasteiger partial charge in [0.2, 0.25) is 0 Å². The van der Waals surface area contributed by atoms with Crippen LogP contribution < -0.4 is 0 Å². The Balaban J connectivity index is 2.15. The second-order valence-electron chi connectivity index (χ2n) is 4.15. The number of carbonyl (C=O) groups is 1. The van der Waals surface area contributed by atoms with Crippen molar-refractivity contribution >= 4 is 28.9 Å². The zero-order valence-corrected chi connectivity index (χ0v) is 11.3. The van der Waals surface area contributed by atoms with Crippen molar-refractivity contribution in [2.45, 2.75) is 25.3 Å². The fourth-order valence-electron chi connectivity index (χ4n) is 1.65. The molecule has 1 atom stereocenters. The number of carboxylic acids is 1. The molecule has 0 bridgehead atoms. The van der Waals surface area contributed by atoms with Gasteiger partial charge in [-0.1, -0.05) is 11.6 Å². The lowest BCUT2D eigenvalue weighted by molar-refractivity contribution is -0.147. The molecule has 0 amide bonds. The van der Waals surface area contributed by atoms with Crippen LogP contribution in [0.5, 0.6) is 0 Å². The number of aliphatic carboxylic acids is 1. The Hall–Kier alpha value is -1.40. The first-order valence-electron chi connectivity index (χ1n) is 5.35. The summed E-state index contributed by atoms with van der Waals surface area (Å²) in [5.74, 6) is -0.898. The van der Waals surface area contributed by atoms with Crippen molar-refractivity contribution in [1.82, 2.24) is 14.8 Å². The predicted octanol–water partition coefficient (Wildman–Crippen LogP) is 2.43. The maximum atomic E-state index is 11.4. The van der Waals surface area contributed by atoms with Crippen molar-refractivity contribution in [3.05, 3.63) is 34.0 Å². The highest BCUT2D eigenvalue weighted by molar-refractivity contribution is 7.16. The Labute approximate surface area is 113 Å². The summed E-state index contributed by atoms with van der Waals surface area (Å²) >= 11 is 7.32. The molecule has 2 aromatic heterocycles. The molecule has 5 nitrogen and oxygen atoms in total. The number of hydrogen-bond donors (Lipinski definition) is 1. The smallest absolute Gasteiger partial charge is 0.329 e. The maximum Gasteiger partial charge on any atom is 0.329 e. The minimum atomic E-state index is -1.04. The number of rotatable bonds is 5. The third kappa shape index (κ3) is 2.54. The first-order valence-corrected chi connectivity index (χ1v) is 6.54. The minimum Gasteiger partial charge on any atom is -0.479 e. The van der Waals surface area contributed by atoms with Gasteiger partial charge in [-0.25, -0.2) is 4.79 Å². The first-order chi connectivity index (χ1) is 8.52. The van der Waals surface area contributed by atoms with E-state index in [-0.39, 0.29) is 0 Å². The predicted molar refractivity (Wildman–Crippen MR) is 69.0 cm³/mol. The lowest BCUT2D eigenvalue weighted by atomic mass is 9.95. The molecule has 1 unspecified atom stereocenters. The van der Waals surface area contributed by atoms with Gasteiger partial charge < -0.3 is 9.67 Å². The molecule has 2 heterocycles. The van der Waals surface area contributed by atoms with Gasteiger partial charge in [-0.05, 0) is 31.9 Å². The van der Waals surface area contributed by atoms with Crippen LogP contribution in [0.2, 0.25) is 4.34 Å². The van der Waals surface area contributed by atoms with E-state index in [1.807, 2.05) is 12.1 Å². The van der Waals surface area contributed by atoms with E-state index in [2.05, 4.69) is 10.2 Å². The van der Waals surface area contributed by atoms with E-state index >= 15 is 0 Å². The van der Waals surface area contributed by atoms with Crippen LogP contribution in [0.3, 0.4) is 0 Å². The van der Waals surface area contributed by atoms with Crippen LogP contribution in [0.4, 0.5) is 0 Å². The molecule has 0 saturated heterocycles. The van der Waals surface area contributed by atoms with Gasteiger partial charge in [0.25, 0.3) is 0 Å². The highest BCUT2D eigenvalue weighted by Crippen LogP contribution is 2.27. The first kappa shape index (κ1) is 13.0. The van der Waals surface area contributed by atoms with Gasteiger partial charge in [0, 0.05) is 4.88 Å². The molecule has 0 radical (unpaired) electrons. The molecule has 2 rings (SSSR count). The van der Waals surface area contributed by atoms with Crippen LogP contribution in [-0.2, 0) is 16.8 Å². The average Bonchev–Trinajstić information content (AvgIpc) is 2.96. The zero-order chi connectivity index (χ0) is 13.2. The van der Waals surface area contributed by atoms with Crippen molar-refractivity contribution in [3.63, 3.8) is 0 Å². The number of carboxylic acid groups (broad SMARTS) is 1. The van der Waals surface area contributed by atoms with Crippen LogP contribution in [0.25, 0.3) is 0 Å². The van der Waals surface area contributed by atoms with E-state index in [4.69, 9.17) is 11.6 Å². The summed E-state index contributed by atoms with van der Waals surface area (Å²) < 4.78 is 2.23. The molecule has 0 spiro atoms. The molecule has 0 fully saturated rings. The molecule has 0 aliphatic heterocycles. The standard InChI is InChI=1S/C11H12ClN3O2S/c1-11(10(16)17,15-6-13-14-7-15)5-4-8-2-3-9(12)18-8/h2-3,6-7H,4-5H2,1H3,(H,16,17). The van der Waals surface area contributed by atoms with E-state index in [9.17, 15) is 9.90 Å². The lowest BCUT2D eigenvalue weighted by Crippen LogP contribution is -2.38. The Morgan fingerprint density at radius 3 is 2.67 bits per heavy atom. The average molecular weight is 286 g/mol. The molecule has 2 aromatic rings. The second kappa shape index (κ2) is 5.07. The van der Waals surface area contributed by atoms with Crippen LogP contribution in [0.15, 0.2) is 24.8 Å². The minimum absolute atomic E-state index is 0.456. The molecule has 0 saturated carbocycles. The van der Waals surface area contributed by atoms with Gasteiger partial charge in [-0.2, -0.15) is 0 Å². The van der Waals surface area contributed by atoms with Crippen LogP contribution >= 0.6 is 22.9 Å². The molecule has 0 aromatic carbocycles. The third-order valence-electron chi connectivity index (χ3n) is 2.94. The van der Waals surface area contributed by atoms with E-state index in [1.54, 1.807) is 6.92 Å². The summed E-state index contributed by atoms with van der Waals surface area (Å²) in [6.45, 7) is 1.66. The van der Waals surface area contributed by atoms with Crippen molar-refractivity contribution in [2.75, 3.05) is 0 Å². The molecule has 96 valence electrons. The van der Waals surface area contributed by atoms with Gasteiger partial charge in [-0.3, -0.25) is 0 Å². The van der Waals surface area contributed by atoms with E-state index in [1.165, 1.54) is 28.6 Å². The maximum absolute atomic E-state index is 11.4. The fourth-order valence-corrected chi connectivity index (χ4v) is 2.74. The van der Waals surface area contributed by atoms with Crippen molar-refractivity contribution in [2.24, 2.45) is 0 Å². The summed E-state index contributed by atoms with van der Waals surface area (Å²) in [7, 11) is 0. The quantitative estimate of drug-likeness (QED) is 0.916.